The van der Waals surface area contributed by atoms with Crippen molar-refractivity contribution < 1.29 is 24.2 Å². The summed E-state index contributed by atoms with van der Waals surface area (Å²) in [6.07, 6.45) is 4.61. The number of hydrogen-bond acceptors (Lipinski definition) is 7. The van der Waals surface area contributed by atoms with Crippen LogP contribution in [0.15, 0.2) is 72.9 Å². The van der Waals surface area contributed by atoms with Crippen molar-refractivity contribution in [2.24, 2.45) is 5.92 Å². The van der Waals surface area contributed by atoms with E-state index in [1.165, 1.54) is 6.92 Å². The molecule has 236 valence electrons. The van der Waals surface area contributed by atoms with Crippen LogP contribution in [0.25, 0.3) is 0 Å². The van der Waals surface area contributed by atoms with Gasteiger partial charge in [0.05, 0.1) is 18.8 Å². The highest BCUT2D eigenvalue weighted by Crippen LogP contribution is 2.42. The number of carbonyl (C=O) groups excluding carboxylic acids is 2. The third kappa shape index (κ3) is 10.2. The summed E-state index contributed by atoms with van der Waals surface area (Å²) in [5.74, 6) is -0.0139. The predicted molar refractivity (Wildman–Crippen MR) is 171 cm³/mol. The van der Waals surface area contributed by atoms with E-state index in [1.54, 1.807) is 0 Å². The fourth-order valence-electron chi connectivity index (χ4n) is 5.42. The van der Waals surface area contributed by atoms with Gasteiger partial charge in [-0.1, -0.05) is 55.8 Å². The normalized spacial score (nSPS) is 19.9. The molecule has 1 aliphatic rings. The number of nitrogens with one attached hydrogen (secondary N) is 2. The highest BCUT2D eigenvalue weighted by molar-refractivity contribution is 5.90. The van der Waals surface area contributed by atoms with Gasteiger partial charge in [0.25, 0.3) is 0 Å². The largest absolute Gasteiger partial charge is 0.392 e. The number of nitrogens with zero attached hydrogens (tertiary/aromatic N) is 2. The minimum Gasteiger partial charge on any atom is -0.392 e. The standard InChI is InChI=1S/C35H46N4O5/c1-25-32(23-39(3)21-18-30-11-6-8-20-37-30)43-35(44-34(25)28-16-14-27(24-40)15-17-28)29-10-9-12-31(22-29)38-33(42)13-5-4-7-19-36-26(2)41/h6,8-12,14-17,20,22,25,32,34-35,40H,4-5,7,13,18-19,21,23-24H2,1-3H3,(H,36,41)(H,38,42)/t25-,32+,34+,35+/m0/s1. The Hall–Kier alpha value is -3.63. The quantitative estimate of drug-likeness (QED) is 0.206. The number of likely N-dealkylation sites (N-methyl/N-ethyl adjacent to an activating group) is 1. The lowest BCUT2D eigenvalue weighted by molar-refractivity contribution is -0.275. The fourth-order valence-corrected chi connectivity index (χ4v) is 5.42. The smallest absolute Gasteiger partial charge is 0.224 e. The van der Waals surface area contributed by atoms with Gasteiger partial charge in [-0.3, -0.25) is 14.6 Å². The maximum Gasteiger partial charge on any atom is 0.224 e. The number of amides is 2. The lowest BCUT2D eigenvalue weighted by Gasteiger charge is -2.42. The minimum atomic E-state index is -0.617. The van der Waals surface area contributed by atoms with Gasteiger partial charge in [-0.2, -0.15) is 0 Å². The molecular formula is C35H46N4O5. The first-order valence-corrected chi connectivity index (χ1v) is 15.6. The van der Waals surface area contributed by atoms with Crippen molar-refractivity contribution in [1.29, 1.82) is 0 Å². The van der Waals surface area contributed by atoms with Gasteiger partial charge < -0.3 is 30.1 Å². The van der Waals surface area contributed by atoms with Gasteiger partial charge in [-0.15, -0.1) is 0 Å². The van der Waals surface area contributed by atoms with Crippen molar-refractivity contribution in [2.75, 3.05) is 32.0 Å². The third-order valence-electron chi connectivity index (χ3n) is 7.99. The van der Waals surface area contributed by atoms with Crippen molar-refractivity contribution in [1.82, 2.24) is 15.2 Å². The molecule has 0 saturated carbocycles. The number of hydrogen-bond donors (Lipinski definition) is 3. The first-order valence-electron chi connectivity index (χ1n) is 15.6. The number of unbranched alkanes of at least 4 members (excludes halogenated alkanes) is 2. The Morgan fingerprint density at radius 1 is 0.977 bits per heavy atom. The van der Waals surface area contributed by atoms with Crippen LogP contribution in [-0.2, 0) is 32.1 Å². The molecule has 9 nitrogen and oxygen atoms in total. The number of rotatable bonds is 15. The molecule has 0 aliphatic carbocycles. The van der Waals surface area contributed by atoms with Crippen LogP contribution in [0, 0.1) is 5.92 Å². The van der Waals surface area contributed by atoms with Gasteiger partial charge in [0.2, 0.25) is 11.8 Å². The average Bonchev–Trinajstić information content (AvgIpc) is 3.03. The van der Waals surface area contributed by atoms with Crippen LogP contribution in [0.3, 0.4) is 0 Å². The van der Waals surface area contributed by atoms with Crippen molar-refractivity contribution in [2.45, 2.75) is 71.1 Å². The lowest BCUT2D eigenvalue weighted by atomic mass is 9.90. The number of carbonyl (C=O) groups is 2. The van der Waals surface area contributed by atoms with Gasteiger partial charge in [0.15, 0.2) is 6.29 Å². The number of aliphatic hydroxyl groups is 1. The van der Waals surface area contributed by atoms with E-state index in [-0.39, 0.29) is 36.5 Å². The van der Waals surface area contributed by atoms with E-state index >= 15 is 0 Å². The Balaban J connectivity index is 1.42. The summed E-state index contributed by atoms with van der Waals surface area (Å²) in [5.41, 5.74) is 4.48. The van der Waals surface area contributed by atoms with Gasteiger partial charge in [-0.25, -0.2) is 0 Å². The zero-order chi connectivity index (χ0) is 31.3. The number of ether oxygens (including phenoxy) is 2. The molecule has 1 aromatic heterocycles. The van der Waals surface area contributed by atoms with E-state index < -0.39 is 6.29 Å². The summed E-state index contributed by atoms with van der Waals surface area (Å²) in [6, 6.07) is 21.5. The van der Waals surface area contributed by atoms with E-state index in [1.807, 2.05) is 72.9 Å². The van der Waals surface area contributed by atoms with E-state index in [2.05, 4.69) is 34.5 Å². The minimum absolute atomic E-state index is 0.00757. The monoisotopic (exact) mass is 602 g/mol. The van der Waals surface area contributed by atoms with Crippen LogP contribution in [0.2, 0.25) is 0 Å². The maximum atomic E-state index is 12.6. The molecule has 4 rings (SSSR count). The second kappa shape index (κ2) is 17.0. The Morgan fingerprint density at radius 3 is 2.52 bits per heavy atom. The highest BCUT2D eigenvalue weighted by atomic mass is 16.7. The molecule has 3 aromatic rings. The Kier molecular flexibility index (Phi) is 12.9. The molecule has 44 heavy (non-hydrogen) atoms. The number of benzene rings is 2. The molecular weight excluding hydrogens is 556 g/mol. The molecule has 1 fully saturated rings. The van der Waals surface area contributed by atoms with Crippen LogP contribution in [-0.4, -0.2) is 59.6 Å². The number of pyridine rings is 1. The molecule has 2 aromatic carbocycles. The van der Waals surface area contributed by atoms with Gasteiger partial charge >= 0.3 is 0 Å². The van der Waals surface area contributed by atoms with E-state index in [9.17, 15) is 14.7 Å². The zero-order valence-corrected chi connectivity index (χ0v) is 26.1. The topological polar surface area (TPSA) is 113 Å². The third-order valence-corrected chi connectivity index (χ3v) is 7.99. The SMILES string of the molecule is CC(=O)NCCCCCC(=O)Nc1cccc([C@@H]2O[C@H](CN(C)CCc3ccccn3)[C@H](C)[C@H](c3ccc(CO)cc3)O2)c1. The van der Waals surface area contributed by atoms with Crippen LogP contribution in [0.4, 0.5) is 5.69 Å². The summed E-state index contributed by atoms with van der Waals surface area (Å²) in [5, 5.41) is 15.3. The summed E-state index contributed by atoms with van der Waals surface area (Å²) in [6.45, 7) is 5.85. The Bertz CT molecular complexity index is 1320. The second-order valence-electron chi connectivity index (χ2n) is 11.6. The molecule has 2 amide bonds. The molecule has 0 unspecified atom stereocenters. The van der Waals surface area contributed by atoms with E-state index in [0.29, 0.717) is 18.7 Å². The van der Waals surface area contributed by atoms with Crippen LogP contribution in [0.5, 0.6) is 0 Å². The number of anilines is 1. The predicted octanol–water partition coefficient (Wildman–Crippen LogP) is 5.17. The van der Waals surface area contributed by atoms with Crippen LogP contribution in [0.1, 0.15) is 74.3 Å². The second-order valence-corrected chi connectivity index (χ2v) is 11.6. The zero-order valence-electron chi connectivity index (χ0n) is 26.1. The average molecular weight is 603 g/mol. The van der Waals surface area contributed by atoms with E-state index in [4.69, 9.17) is 9.47 Å². The molecule has 9 heteroatoms. The molecule has 3 N–H and O–H groups in total. The van der Waals surface area contributed by atoms with Crippen molar-refractivity contribution in [3.8, 4) is 0 Å². The summed E-state index contributed by atoms with van der Waals surface area (Å²) in [4.78, 5) is 30.4. The van der Waals surface area contributed by atoms with Gasteiger partial charge in [0.1, 0.15) is 0 Å². The number of aromatic nitrogens is 1. The summed E-state index contributed by atoms with van der Waals surface area (Å²) >= 11 is 0. The summed E-state index contributed by atoms with van der Waals surface area (Å²) < 4.78 is 13.2. The first kappa shape index (κ1) is 33.3. The molecule has 1 aliphatic heterocycles. The molecule has 0 radical (unpaired) electrons. The molecule has 2 heterocycles. The van der Waals surface area contributed by atoms with Gasteiger partial charge in [-0.05, 0) is 55.3 Å². The first-order chi connectivity index (χ1) is 21.3. The van der Waals surface area contributed by atoms with Gasteiger partial charge in [0, 0.05) is 68.5 Å². The van der Waals surface area contributed by atoms with Crippen molar-refractivity contribution >= 4 is 17.5 Å². The van der Waals surface area contributed by atoms with Crippen LogP contribution >= 0.6 is 0 Å². The van der Waals surface area contributed by atoms with E-state index in [0.717, 1.165) is 61.2 Å². The van der Waals surface area contributed by atoms with Crippen molar-refractivity contribution in [3.63, 3.8) is 0 Å². The molecule has 0 spiro atoms. The highest BCUT2D eigenvalue weighted by Gasteiger charge is 2.38. The Morgan fingerprint density at radius 2 is 1.80 bits per heavy atom. The molecule has 4 atom stereocenters. The van der Waals surface area contributed by atoms with Crippen LogP contribution < -0.4 is 10.6 Å². The molecule has 1 saturated heterocycles. The lowest BCUT2D eigenvalue weighted by Crippen LogP contribution is -2.44. The molecule has 0 bridgehead atoms. The maximum absolute atomic E-state index is 12.6. The fraction of sp³-hybridized carbons (Fsp3) is 0.457. The number of aliphatic hydroxyl groups excluding tert-OH is 1. The summed E-state index contributed by atoms with van der Waals surface area (Å²) in [7, 11) is 2.10. The Labute approximate surface area is 261 Å². The van der Waals surface area contributed by atoms with Crippen molar-refractivity contribution in [3.05, 3.63) is 95.3 Å².